The molecule has 0 spiro atoms. The zero-order valence-corrected chi connectivity index (χ0v) is 18.6. The summed E-state index contributed by atoms with van der Waals surface area (Å²) >= 11 is 4.53. The number of amides is 2. The lowest BCUT2D eigenvalue weighted by atomic mass is 9.92. The van der Waals surface area contributed by atoms with Crippen LogP contribution in [-0.2, 0) is 25.5 Å². The minimum Gasteiger partial charge on any atom is -0.480 e. The largest absolute Gasteiger partial charge is 0.480 e. The van der Waals surface area contributed by atoms with Crippen LogP contribution in [0.15, 0.2) is 30.3 Å². The summed E-state index contributed by atoms with van der Waals surface area (Å²) in [7, 11) is 0. The minimum atomic E-state index is -1.07. The highest BCUT2D eigenvalue weighted by Gasteiger charge is 2.45. The zero-order chi connectivity index (χ0) is 22.3. The predicted octanol–water partition coefficient (Wildman–Crippen LogP) is 2.34. The number of hydrogen-bond donors (Lipinski definition) is 4. The van der Waals surface area contributed by atoms with Gasteiger partial charge in [0.05, 0.1) is 5.25 Å². The number of thiol groups is 1. The number of carboxylic acid groups (broad SMARTS) is 1. The number of carboxylic acids is 1. The van der Waals surface area contributed by atoms with Gasteiger partial charge < -0.3 is 20.5 Å². The van der Waals surface area contributed by atoms with E-state index in [9.17, 15) is 19.5 Å². The molecule has 2 amide bonds. The standard InChI is InChI=1S/C23H32N2O5S/c26-20(19(31)17-10-14-30-15-11-17)25-23(12-4-5-13-23)22(29)24-18(21(27)28)9-8-16-6-2-1-3-7-16/h1-3,6-7,17-19,31H,4-5,8-15H2,(H,24,29)(H,25,26)(H,27,28)/t18-,19-/m0/s1. The summed E-state index contributed by atoms with van der Waals surface area (Å²) < 4.78 is 5.36. The van der Waals surface area contributed by atoms with E-state index in [1.54, 1.807) is 0 Å². The van der Waals surface area contributed by atoms with Gasteiger partial charge in [0, 0.05) is 13.2 Å². The zero-order valence-electron chi connectivity index (χ0n) is 17.7. The Morgan fingerprint density at radius 3 is 2.39 bits per heavy atom. The number of ether oxygens (including phenoxy) is 1. The minimum absolute atomic E-state index is 0.108. The van der Waals surface area contributed by atoms with Gasteiger partial charge in [-0.3, -0.25) is 9.59 Å². The van der Waals surface area contributed by atoms with Gasteiger partial charge in [-0.25, -0.2) is 4.79 Å². The van der Waals surface area contributed by atoms with Crippen LogP contribution in [0.2, 0.25) is 0 Å². The Kier molecular flexibility index (Phi) is 8.37. The normalized spacial score (nSPS) is 20.5. The summed E-state index contributed by atoms with van der Waals surface area (Å²) in [4.78, 5) is 37.9. The Morgan fingerprint density at radius 1 is 1.13 bits per heavy atom. The summed E-state index contributed by atoms with van der Waals surface area (Å²) in [6.45, 7) is 1.23. The first-order valence-electron chi connectivity index (χ1n) is 11.1. The van der Waals surface area contributed by atoms with E-state index in [2.05, 4.69) is 23.3 Å². The second kappa shape index (κ2) is 11.0. The maximum absolute atomic E-state index is 13.2. The monoisotopic (exact) mass is 448 g/mol. The highest BCUT2D eigenvalue weighted by atomic mass is 32.1. The Labute approximate surface area is 188 Å². The molecule has 1 aromatic rings. The molecule has 3 rings (SSSR count). The second-order valence-electron chi connectivity index (χ2n) is 8.56. The van der Waals surface area contributed by atoms with Crippen molar-refractivity contribution >= 4 is 30.4 Å². The molecule has 2 aliphatic rings. The van der Waals surface area contributed by atoms with Crippen LogP contribution in [0.5, 0.6) is 0 Å². The number of carbonyl (C=O) groups excluding carboxylic acids is 2. The summed E-state index contributed by atoms with van der Waals surface area (Å²) in [5, 5.41) is 14.8. The number of benzene rings is 1. The third-order valence-corrected chi connectivity index (χ3v) is 7.06. The van der Waals surface area contributed by atoms with Crippen LogP contribution in [0.1, 0.15) is 50.5 Å². The number of aliphatic carboxylic acids is 1. The van der Waals surface area contributed by atoms with Gasteiger partial charge in [-0.1, -0.05) is 43.2 Å². The average Bonchev–Trinajstić information content (AvgIpc) is 3.26. The molecule has 1 aliphatic carbocycles. The third-order valence-electron chi connectivity index (χ3n) is 6.40. The topological polar surface area (TPSA) is 105 Å². The van der Waals surface area contributed by atoms with Crippen LogP contribution in [0, 0.1) is 5.92 Å². The van der Waals surface area contributed by atoms with E-state index in [1.165, 1.54) is 0 Å². The fourth-order valence-electron chi connectivity index (χ4n) is 4.45. The van der Waals surface area contributed by atoms with Crippen LogP contribution >= 0.6 is 12.6 Å². The molecule has 1 aliphatic heterocycles. The molecule has 0 bridgehead atoms. The number of hydrogen-bond acceptors (Lipinski definition) is 5. The van der Waals surface area contributed by atoms with Crippen molar-refractivity contribution in [2.75, 3.05) is 13.2 Å². The molecule has 31 heavy (non-hydrogen) atoms. The summed E-state index contributed by atoms with van der Waals surface area (Å²) in [6, 6.07) is 8.56. The smallest absolute Gasteiger partial charge is 0.326 e. The molecule has 7 nitrogen and oxygen atoms in total. The highest BCUT2D eigenvalue weighted by molar-refractivity contribution is 7.81. The van der Waals surface area contributed by atoms with E-state index in [0.29, 0.717) is 32.5 Å². The molecule has 1 aromatic carbocycles. The summed E-state index contributed by atoms with van der Waals surface area (Å²) in [6.07, 6.45) is 4.98. The molecular weight excluding hydrogens is 416 g/mol. The van der Waals surface area contributed by atoms with E-state index >= 15 is 0 Å². The SMILES string of the molecule is O=C(O)[C@H](CCc1ccccc1)NC(=O)C1(NC(=O)[C@@H](S)C2CCOCC2)CCCC1. The van der Waals surface area contributed by atoms with Gasteiger partial charge >= 0.3 is 5.97 Å². The molecule has 1 saturated carbocycles. The van der Waals surface area contributed by atoms with Crippen molar-refractivity contribution in [1.82, 2.24) is 10.6 Å². The first-order chi connectivity index (χ1) is 14.9. The quantitative estimate of drug-likeness (QED) is 0.434. The van der Waals surface area contributed by atoms with Crippen molar-refractivity contribution in [3.63, 3.8) is 0 Å². The lowest BCUT2D eigenvalue weighted by molar-refractivity contribution is -0.143. The van der Waals surface area contributed by atoms with E-state index in [4.69, 9.17) is 4.74 Å². The van der Waals surface area contributed by atoms with Crippen molar-refractivity contribution in [3.05, 3.63) is 35.9 Å². The highest BCUT2D eigenvalue weighted by Crippen LogP contribution is 2.32. The Morgan fingerprint density at radius 2 is 1.77 bits per heavy atom. The van der Waals surface area contributed by atoms with Crippen molar-refractivity contribution < 1.29 is 24.2 Å². The molecule has 1 saturated heterocycles. The molecule has 0 aromatic heterocycles. The number of rotatable bonds is 9. The van der Waals surface area contributed by atoms with Crippen LogP contribution in [0.3, 0.4) is 0 Å². The van der Waals surface area contributed by atoms with Crippen molar-refractivity contribution in [2.45, 2.75) is 68.2 Å². The Balaban J connectivity index is 1.63. The van der Waals surface area contributed by atoms with Gasteiger partial charge in [0.1, 0.15) is 11.6 Å². The van der Waals surface area contributed by atoms with Gasteiger partial charge in [-0.15, -0.1) is 0 Å². The van der Waals surface area contributed by atoms with Crippen LogP contribution in [-0.4, -0.2) is 52.9 Å². The lowest BCUT2D eigenvalue weighted by Crippen LogP contribution is -2.61. The molecule has 0 radical (unpaired) electrons. The van der Waals surface area contributed by atoms with Crippen LogP contribution in [0.4, 0.5) is 0 Å². The number of aryl methyl sites for hydroxylation is 1. The fourth-order valence-corrected chi connectivity index (χ4v) is 4.81. The van der Waals surface area contributed by atoms with Gasteiger partial charge in [0.15, 0.2) is 0 Å². The Bertz CT molecular complexity index is 760. The lowest BCUT2D eigenvalue weighted by Gasteiger charge is -2.33. The number of carbonyl (C=O) groups is 3. The van der Waals surface area contributed by atoms with Crippen molar-refractivity contribution in [2.24, 2.45) is 5.92 Å². The first-order valence-corrected chi connectivity index (χ1v) is 11.6. The predicted molar refractivity (Wildman–Crippen MR) is 120 cm³/mol. The van der Waals surface area contributed by atoms with Gasteiger partial charge in [-0.05, 0) is 50.0 Å². The second-order valence-corrected chi connectivity index (χ2v) is 9.12. The first kappa shape index (κ1) is 23.6. The molecule has 0 unspecified atom stereocenters. The average molecular weight is 449 g/mol. The molecular formula is C23H32N2O5S. The van der Waals surface area contributed by atoms with Crippen molar-refractivity contribution in [3.8, 4) is 0 Å². The fraction of sp³-hybridized carbons (Fsp3) is 0.609. The van der Waals surface area contributed by atoms with E-state index in [1.807, 2.05) is 30.3 Å². The summed E-state index contributed by atoms with van der Waals surface area (Å²) in [5.41, 5.74) is -0.0507. The molecule has 1 heterocycles. The molecule has 3 N–H and O–H groups in total. The van der Waals surface area contributed by atoms with Gasteiger partial charge in [0.2, 0.25) is 11.8 Å². The maximum atomic E-state index is 13.2. The van der Waals surface area contributed by atoms with Crippen molar-refractivity contribution in [1.29, 1.82) is 0 Å². The molecule has 8 heteroatoms. The van der Waals surface area contributed by atoms with E-state index in [0.717, 1.165) is 31.2 Å². The molecule has 2 fully saturated rings. The Hall–Kier alpha value is -2.06. The van der Waals surface area contributed by atoms with Gasteiger partial charge in [0.25, 0.3) is 0 Å². The number of nitrogens with one attached hydrogen (secondary N) is 2. The summed E-state index contributed by atoms with van der Waals surface area (Å²) in [5.74, 6) is -1.64. The van der Waals surface area contributed by atoms with Crippen LogP contribution < -0.4 is 10.6 Å². The third kappa shape index (κ3) is 6.23. The van der Waals surface area contributed by atoms with E-state index in [-0.39, 0.29) is 18.2 Å². The maximum Gasteiger partial charge on any atom is 0.326 e. The van der Waals surface area contributed by atoms with E-state index < -0.39 is 28.7 Å². The molecule has 170 valence electrons. The van der Waals surface area contributed by atoms with Crippen LogP contribution in [0.25, 0.3) is 0 Å². The molecule has 2 atom stereocenters. The van der Waals surface area contributed by atoms with Gasteiger partial charge in [-0.2, -0.15) is 12.6 Å².